The van der Waals surface area contributed by atoms with Gasteiger partial charge in [-0.15, -0.1) is 0 Å². The van der Waals surface area contributed by atoms with Gasteiger partial charge < -0.3 is 15.7 Å². The Hall–Kier alpha value is -1.39. The molecule has 4 nitrogen and oxygen atoms in total. The van der Waals surface area contributed by atoms with E-state index in [9.17, 15) is 9.90 Å². The highest BCUT2D eigenvalue weighted by Gasteiger charge is 2.26. The van der Waals surface area contributed by atoms with Gasteiger partial charge in [0, 0.05) is 19.6 Å². The van der Waals surface area contributed by atoms with Gasteiger partial charge in [-0.2, -0.15) is 0 Å². The molecule has 1 aromatic rings. The maximum Gasteiger partial charge on any atom is 0.228 e. The number of hydrogen-bond acceptors (Lipinski definition) is 3. The molecule has 0 aromatic heterocycles. The molecule has 4 heteroatoms. The van der Waals surface area contributed by atoms with E-state index in [2.05, 4.69) is 10.6 Å². The Kier molecular flexibility index (Phi) is 3.68. The highest BCUT2D eigenvalue weighted by Crippen LogP contribution is 2.23. The molecule has 1 aromatic carbocycles. The van der Waals surface area contributed by atoms with Crippen LogP contribution in [0, 0.1) is 0 Å². The molecular weight excluding hydrogens is 228 g/mol. The summed E-state index contributed by atoms with van der Waals surface area (Å²) in [4.78, 5) is 12.1. The Bertz CT molecular complexity index is 438. The fourth-order valence-corrected chi connectivity index (χ4v) is 2.16. The summed E-state index contributed by atoms with van der Waals surface area (Å²) in [6, 6.07) is 7.99. The zero-order chi connectivity index (χ0) is 13.2. The second-order valence-corrected chi connectivity index (χ2v) is 5.41. The highest BCUT2D eigenvalue weighted by atomic mass is 16.3. The number of benzene rings is 1. The molecule has 1 unspecified atom stereocenters. The van der Waals surface area contributed by atoms with Gasteiger partial charge in [0.05, 0.1) is 11.5 Å². The van der Waals surface area contributed by atoms with E-state index in [0.29, 0.717) is 6.54 Å². The lowest BCUT2D eigenvalue weighted by Crippen LogP contribution is -2.44. The Morgan fingerprint density at radius 3 is 2.94 bits per heavy atom. The SMILES string of the molecule is CC(C)(O)CNC(=O)C1CNCc2ccccc21. The normalized spacial score (nSPS) is 19.2. The van der Waals surface area contributed by atoms with Crippen LogP contribution in [0.2, 0.25) is 0 Å². The van der Waals surface area contributed by atoms with E-state index in [-0.39, 0.29) is 18.4 Å². The van der Waals surface area contributed by atoms with Crippen LogP contribution < -0.4 is 10.6 Å². The molecule has 0 bridgehead atoms. The first kappa shape index (κ1) is 13.1. The summed E-state index contributed by atoms with van der Waals surface area (Å²) in [6.07, 6.45) is 0. The number of amides is 1. The third kappa shape index (κ3) is 3.09. The molecular formula is C14H20N2O2. The van der Waals surface area contributed by atoms with Gasteiger partial charge in [0.2, 0.25) is 5.91 Å². The molecule has 0 saturated heterocycles. The molecule has 18 heavy (non-hydrogen) atoms. The minimum Gasteiger partial charge on any atom is -0.389 e. The second kappa shape index (κ2) is 5.08. The van der Waals surface area contributed by atoms with Gasteiger partial charge >= 0.3 is 0 Å². The summed E-state index contributed by atoms with van der Waals surface area (Å²) in [5.74, 6) is -0.200. The first-order valence-electron chi connectivity index (χ1n) is 6.26. The fourth-order valence-electron chi connectivity index (χ4n) is 2.16. The molecule has 0 spiro atoms. The van der Waals surface area contributed by atoms with E-state index in [1.807, 2.05) is 24.3 Å². The van der Waals surface area contributed by atoms with Crippen LogP contribution in [-0.2, 0) is 11.3 Å². The molecule has 98 valence electrons. The Labute approximate surface area is 107 Å². The number of aliphatic hydroxyl groups is 1. The molecule has 1 amide bonds. The van der Waals surface area contributed by atoms with E-state index >= 15 is 0 Å². The van der Waals surface area contributed by atoms with Crippen molar-refractivity contribution in [1.82, 2.24) is 10.6 Å². The Morgan fingerprint density at radius 2 is 2.22 bits per heavy atom. The van der Waals surface area contributed by atoms with Crippen molar-refractivity contribution in [3.8, 4) is 0 Å². The van der Waals surface area contributed by atoms with Crippen molar-refractivity contribution in [2.45, 2.75) is 31.9 Å². The Morgan fingerprint density at radius 1 is 1.50 bits per heavy atom. The molecule has 1 aliphatic rings. The molecule has 0 radical (unpaired) electrons. The maximum atomic E-state index is 12.1. The van der Waals surface area contributed by atoms with Gasteiger partial charge in [-0.1, -0.05) is 24.3 Å². The van der Waals surface area contributed by atoms with Crippen LogP contribution >= 0.6 is 0 Å². The third-order valence-corrected chi connectivity index (χ3v) is 3.11. The van der Waals surface area contributed by atoms with Crippen molar-refractivity contribution in [2.75, 3.05) is 13.1 Å². The lowest BCUT2D eigenvalue weighted by atomic mass is 9.90. The van der Waals surface area contributed by atoms with Gasteiger partial charge in [0.1, 0.15) is 0 Å². The van der Waals surface area contributed by atoms with Crippen LogP contribution in [0.3, 0.4) is 0 Å². The molecule has 1 heterocycles. The number of carbonyl (C=O) groups is 1. The van der Waals surface area contributed by atoms with Crippen LogP contribution in [0.4, 0.5) is 0 Å². The molecule has 0 fully saturated rings. The first-order valence-corrected chi connectivity index (χ1v) is 6.26. The van der Waals surface area contributed by atoms with Gasteiger partial charge in [-0.25, -0.2) is 0 Å². The molecule has 0 aliphatic carbocycles. The summed E-state index contributed by atoms with van der Waals surface area (Å²) in [7, 11) is 0. The van der Waals surface area contributed by atoms with E-state index in [1.165, 1.54) is 5.56 Å². The van der Waals surface area contributed by atoms with Crippen LogP contribution in [0.1, 0.15) is 30.9 Å². The molecule has 1 atom stereocenters. The summed E-state index contributed by atoms with van der Waals surface area (Å²) < 4.78 is 0. The van der Waals surface area contributed by atoms with E-state index in [4.69, 9.17) is 0 Å². The van der Waals surface area contributed by atoms with Crippen LogP contribution in [0.25, 0.3) is 0 Å². The lowest BCUT2D eigenvalue weighted by Gasteiger charge is -2.27. The van der Waals surface area contributed by atoms with Gasteiger partial charge in [0.15, 0.2) is 0 Å². The minimum atomic E-state index is -0.878. The highest BCUT2D eigenvalue weighted by molar-refractivity contribution is 5.84. The predicted octanol–water partition coefficient (Wildman–Crippen LogP) is 0.760. The van der Waals surface area contributed by atoms with Crippen molar-refractivity contribution in [1.29, 1.82) is 0 Å². The molecule has 1 aliphatic heterocycles. The average Bonchev–Trinajstić information content (AvgIpc) is 2.34. The van der Waals surface area contributed by atoms with E-state index < -0.39 is 5.60 Å². The molecule has 0 saturated carbocycles. The third-order valence-electron chi connectivity index (χ3n) is 3.11. The standard InChI is InChI=1S/C14H20N2O2/c1-14(2,18)9-16-13(17)12-8-15-7-10-5-3-4-6-11(10)12/h3-6,12,15,18H,7-9H2,1-2H3,(H,16,17). The number of fused-ring (bicyclic) bond motifs is 1. The van der Waals surface area contributed by atoms with E-state index in [0.717, 1.165) is 12.1 Å². The monoisotopic (exact) mass is 248 g/mol. The van der Waals surface area contributed by atoms with Gasteiger partial charge in [0.25, 0.3) is 0 Å². The van der Waals surface area contributed by atoms with Crippen LogP contribution in [-0.4, -0.2) is 29.7 Å². The van der Waals surface area contributed by atoms with Crippen molar-refractivity contribution >= 4 is 5.91 Å². The van der Waals surface area contributed by atoms with Crippen molar-refractivity contribution in [3.63, 3.8) is 0 Å². The van der Waals surface area contributed by atoms with Crippen LogP contribution in [0.5, 0.6) is 0 Å². The van der Waals surface area contributed by atoms with Crippen molar-refractivity contribution in [2.24, 2.45) is 0 Å². The molecule has 3 N–H and O–H groups in total. The second-order valence-electron chi connectivity index (χ2n) is 5.41. The fraction of sp³-hybridized carbons (Fsp3) is 0.500. The minimum absolute atomic E-state index is 0.0308. The van der Waals surface area contributed by atoms with Gasteiger partial charge in [-0.3, -0.25) is 4.79 Å². The molecule has 2 rings (SSSR count). The number of nitrogens with one attached hydrogen (secondary N) is 2. The topological polar surface area (TPSA) is 61.4 Å². The maximum absolute atomic E-state index is 12.1. The average molecular weight is 248 g/mol. The van der Waals surface area contributed by atoms with Crippen molar-refractivity contribution < 1.29 is 9.90 Å². The lowest BCUT2D eigenvalue weighted by molar-refractivity contribution is -0.123. The Balaban J connectivity index is 2.08. The summed E-state index contributed by atoms with van der Waals surface area (Å²) in [5, 5.41) is 15.7. The zero-order valence-electron chi connectivity index (χ0n) is 10.9. The van der Waals surface area contributed by atoms with E-state index in [1.54, 1.807) is 13.8 Å². The smallest absolute Gasteiger partial charge is 0.228 e. The summed E-state index contributed by atoms with van der Waals surface area (Å²) in [6.45, 7) is 5.09. The summed E-state index contributed by atoms with van der Waals surface area (Å²) >= 11 is 0. The largest absolute Gasteiger partial charge is 0.389 e. The van der Waals surface area contributed by atoms with Crippen molar-refractivity contribution in [3.05, 3.63) is 35.4 Å². The number of rotatable bonds is 3. The first-order chi connectivity index (χ1) is 8.47. The number of carbonyl (C=O) groups excluding carboxylic acids is 1. The summed E-state index contributed by atoms with van der Waals surface area (Å²) in [5.41, 5.74) is 1.38. The zero-order valence-corrected chi connectivity index (χ0v) is 10.9. The number of hydrogen-bond donors (Lipinski definition) is 3. The predicted molar refractivity (Wildman–Crippen MR) is 70.2 cm³/mol. The van der Waals surface area contributed by atoms with Crippen LogP contribution in [0.15, 0.2) is 24.3 Å². The quantitative estimate of drug-likeness (QED) is 0.740. The van der Waals surface area contributed by atoms with Gasteiger partial charge in [-0.05, 0) is 25.0 Å².